The second kappa shape index (κ2) is 5.69. The van der Waals surface area contributed by atoms with Gasteiger partial charge in [0, 0.05) is 17.8 Å². The van der Waals surface area contributed by atoms with E-state index in [-0.39, 0.29) is 18.3 Å². The fourth-order valence-electron chi connectivity index (χ4n) is 3.49. The maximum Gasteiger partial charge on any atom is 0.406 e. The lowest BCUT2D eigenvalue weighted by atomic mass is 10.1. The first-order valence-corrected chi connectivity index (χ1v) is 8.21. The van der Waals surface area contributed by atoms with Crippen LogP contribution in [0.2, 0.25) is 0 Å². The molecule has 1 aromatic carbocycles. The minimum Gasteiger partial charge on any atom is -0.261 e. The third-order valence-electron chi connectivity index (χ3n) is 4.69. The molecule has 3 nitrogen and oxygen atoms in total. The molecule has 1 aromatic rings. The van der Waals surface area contributed by atoms with E-state index in [4.69, 9.17) is 0 Å². The maximum absolute atomic E-state index is 13.5. The number of benzene rings is 1. The van der Waals surface area contributed by atoms with Crippen molar-refractivity contribution in [2.45, 2.75) is 32.0 Å². The van der Waals surface area contributed by atoms with Gasteiger partial charge in [0.1, 0.15) is 17.7 Å². The lowest BCUT2D eigenvalue weighted by molar-refractivity contribution is -0.212. The molecule has 2 aliphatic heterocycles. The number of hydrogen-bond acceptors (Lipinski definition) is 3. The number of aliphatic imine (C=N–C) groups is 1. The fraction of sp³-hybridized carbons (Fsp3) is 0.389. The van der Waals surface area contributed by atoms with Gasteiger partial charge in [0.05, 0.1) is 5.71 Å². The average Bonchev–Trinajstić information content (AvgIpc) is 3.26. The summed E-state index contributed by atoms with van der Waals surface area (Å²) in [6, 6.07) is 4.54. The van der Waals surface area contributed by atoms with E-state index < -0.39 is 12.2 Å². The molecule has 0 saturated heterocycles. The highest BCUT2D eigenvalue weighted by atomic mass is 19.4. The summed E-state index contributed by atoms with van der Waals surface area (Å²) in [5, 5.41) is 2.89. The summed E-state index contributed by atoms with van der Waals surface area (Å²) in [4.78, 5) is 4.45. The minimum atomic E-state index is -4.28. The number of hydrogen-bond donors (Lipinski definition) is 0. The van der Waals surface area contributed by atoms with Crippen LogP contribution in [0.25, 0.3) is 0 Å². The molecular weight excluding hydrogens is 334 g/mol. The summed E-state index contributed by atoms with van der Waals surface area (Å²) in [5.74, 6) is -0.259. The summed E-state index contributed by atoms with van der Waals surface area (Å²) < 4.78 is 54.1. The van der Waals surface area contributed by atoms with Gasteiger partial charge in [0.2, 0.25) is 0 Å². The third kappa shape index (κ3) is 2.97. The molecule has 3 aliphatic rings. The number of nitrogens with zero attached hydrogens (tertiary/aromatic N) is 3. The van der Waals surface area contributed by atoms with E-state index in [9.17, 15) is 17.6 Å². The van der Waals surface area contributed by atoms with Gasteiger partial charge in [-0.25, -0.2) is 9.38 Å². The van der Waals surface area contributed by atoms with Crippen LogP contribution in [-0.2, 0) is 0 Å². The highest BCUT2D eigenvalue weighted by molar-refractivity contribution is 6.10. The standard InChI is InChI=1S/C18H17F4N3/c1-11-9-15(13-3-2-4-14(19)10-13)23-16-7-8-24(25(11)16)17(12-5-6-12)18(20,21)22/h2-4,7,9-10,12,17H,5-6,8H2,1H3. The Kier molecular flexibility index (Phi) is 3.72. The molecule has 7 heteroatoms. The van der Waals surface area contributed by atoms with Crippen molar-refractivity contribution in [3.8, 4) is 0 Å². The molecular formula is C18H17F4N3. The van der Waals surface area contributed by atoms with Crippen LogP contribution in [0.1, 0.15) is 25.3 Å². The van der Waals surface area contributed by atoms with Crippen LogP contribution in [0.5, 0.6) is 0 Å². The molecule has 0 radical (unpaired) electrons. The average molecular weight is 351 g/mol. The molecule has 1 aliphatic carbocycles. The number of allylic oxidation sites excluding steroid dienone is 2. The minimum absolute atomic E-state index is 0.168. The van der Waals surface area contributed by atoms with Crippen LogP contribution in [0.4, 0.5) is 17.6 Å². The van der Waals surface area contributed by atoms with Gasteiger partial charge in [0.15, 0.2) is 0 Å². The van der Waals surface area contributed by atoms with Gasteiger partial charge < -0.3 is 0 Å². The largest absolute Gasteiger partial charge is 0.406 e. The normalized spacial score (nSPS) is 22.3. The van der Waals surface area contributed by atoms with Crippen molar-refractivity contribution in [2.75, 3.05) is 6.54 Å². The van der Waals surface area contributed by atoms with Gasteiger partial charge in [0.25, 0.3) is 0 Å². The van der Waals surface area contributed by atoms with Crippen molar-refractivity contribution in [1.29, 1.82) is 0 Å². The summed E-state index contributed by atoms with van der Waals surface area (Å²) in [6.45, 7) is 1.92. The number of fused-ring (bicyclic) bond motifs is 1. The lowest BCUT2D eigenvalue weighted by Crippen LogP contribution is -2.52. The second-order valence-corrected chi connectivity index (χ2v) is 6.61. The van der Waals surface area contributed by atoms with Gasteiger partial charge in [-0.1, -0.05) is 12.1 Å². The Morgan fingerprint density at radius 3 is 2.64 bits per heavy atom. The van der Waals surface area contributed by atoms with Crippen molar-refractivity contribution in [2.24, 2.45) is 10.9 Å². The summed E-state index contributed by atoms with van der Waals surface area (Å²) >= 11 is 0. The molecule has 0 spiro atoms. The highest BCUT2D eigenvalue weighted by Crippen LogP contribution is 2.46. The number of alkyl halides is 3. The van der Waals surface area contributed by atoms with Crippen molar-refractivity contribution in [3.05, 3.63) is 59.3 Å². The molecule has 1 unspecified atom stereocenters. The zero-order valence-electron chi connectivity index (χ0n) is 13.6. The topological polar surface area (TPSA) is 18.8 Å². The molecule has 1 fully saturated rings. The third-order valence-corrected chi connectivity index (χ3v) is 4.69. The van der Waals surface area contributed by atoms with Crippen LogP contribution in [0.15, 0.2) is 52.9 Å². The van der Waals surface area contributed by atoms with E-state index in [1.54, 1.807) is 36.2 Å². The number of halogens is 4. The molecule has 0 N–H and O–H groups in total. The smallest absolute Gasteiger partial charge is 0.261 e. The van der Waals surface area contributed by atoms with Gasteiger partial charge in [-0.15, -0.1) is 0 Å². The fourth-order valence-corrected chi connectivity index (χ4v) is 3.49. The molecule has 1 atom stereocenters. The van der Waals surface area contributed by atoms with Crippen molar-refractivity contribution < 1.29 is 17.6 Å². The van der Waals surface area contributed by atoms with Crippen LogP contribution in [0.3, 0.4) is 0 Å². The second-order valence-electron chi connectivity index (χ2n) is 6.61. The van der Waals surface area contributed by atoms with Gasteiger partial charge in [-0.3, -0.25) is 5.01 Å². The van der Waals surface area contributed by atoms with Crippen LogP contribution >= 0.6 is 0 Å². The molecule has 0 bridgehead atoms. The van der Waals surface area contributed by atoms with E-state index in [2.05, 4.69) is 4.99 Å². The SMILES string of the molecule is CC1=CC(c2cccc(F)c2)=NC2=CCN(C(C3CC3)C(F)(F)F)N12. The predicted octanol–water partition coefficient (Wildman–Crippen LogP) is 4.25. The predicted molar refractivity (Wildman–Crippen MR) is 85.9 cm³/mol. The molecule has 132 valence electrons. The van der Waals surface area contributed by atoms with Crippen LogP contribution in [-0.4, -0.2) is 34.5 Å². The first-order valence-electron chi connectivity index (χ1n) is 8.21. The van der Waals surface area contributed by atoms with Gasteiger partial charge >= 0.3 is 6.18 Å². The lowest BCUT2D eigenvalue weighted by Gasteiger charge is -2.39. The Bertz CT molecular complexity index is 790. The zero-order chi connectivity index (χ0) is 17.8. The maximum atomic E-state index is 13.5. The van der Waals surface area contributed by atoms with E-state index >= 15 is 0 Å². The first-order chi connectivity index (χ1) is 11.8. The van der Waals surface area contributed by atoms with Crippen LogP contribution < -0.4 is 0 Å². The summed E-state index contributed by atoms with van der Waals surface area (Å²) in [6.07, 6.45) is 0.313. The summed E-state index contributed by atoms with van der Waals surface area (Å²) in [5.41, 5.74) is 1.80. The highest BCUT2D eigenvalue weighted by Gasteiger charge is 2.54. The zero-order valence-corrected chi connectivity index (χ0v) is 13.6. The summed E-state index contributed by atoms with van der Waals surface area (Å²) in [7, 11) is 0. The molecule has 4 rings (SSSR count). The van der Waals surface area contributed by atoms with Crippen molar-refractivity contribution in [3.63, 3.8) is 0 Å². The van der Waals surface area contributed by atoms with E-state index in [0.29, 0.717) is 35.6 Å². The molecule has 0 aromatic heterocycles. The first kappa shape index (κ1) is 16.3. The quantitative estimate of drug-likeness (QED) is 0.759. The number of hydrazine groups is 1. The Balaban J connectivity index is 1.65. The Labute approximate surface area is 142 Å². The molecule has 2 heterocycles. The number of rotatable bonds is 3. The molecule has 0 amide bonds. The monoisotopic (exact) mass is 351 g/mol. The van der Waals surface area contributed by atoms with Gasteiger partial charge in [-0.2, -0.15) is 18.2 Å². The Hall–Kier alpha value is -2.15. The van der Waals surface area contributed by atoms with E-state index in [1.165, 1.54) is 17.1 Å². The van der Waals surface area contributed by atoms with Gasteiger partial charge in [-0.05, 0) is 50.0 Å². The van der Waals surface area contributed by atoms with Crippen molar-refractivity contribution >= 4 is 5.71 Å². The van der Waals surface area contributed by atoms with E-state index in [1.807, 2.05) is 0 Å². The molecule has 1 saturated carbocycles. The van der Waals surface area contributed by atoms with Crippen LogP contribution in [0, 0.1) is 11.7 Å². The Morgan fingerprint density at radius 2 is 2.00 bits per heavy atom. The van der Waals surface area contributed by atoms with Crippen molar-refractivity contribution in [1.82, 2.24) is 10.0 Å². The Morgan fingerprint density at radius 1 is 1.24 bits per heavy atom. The van der Waals surface area contributed by atoms with E-state index in [0.717, 1.165) is 0 Å². The molecule has 25 heavy (non-hydrogen) atoms.